The average Bonchev–Trinajstić information content (AvgIpc) is 3.14. The summed E-state index contributed by atoms with van der Waals surface area (Å²) < 4.78 is 10.5. The van der Waals surface area contributed by atoms with E-state index in [1.54, 1.807) is 24.3 Å². The zero-order valence-corrected chi connectivity index (χ0v) is 11.6. The molecule has 5 heteroatoms. The van der Waals surface area contributed by atoms with Gasteiger partial charge in [-0.25, -0.2) is 0 Å². The van der Waals surface area contributed by atoms with E-state index in [1.165, 1.54) is 0 Å². The smallest absolute Gasteiger partial charge is 0.262 e. The second-order valence-corrected chi connectivity index (χ2v) is 5.24. The third-order valence-electron chi connectivity index (χ3n) is 3.76. The van der Waals surface area contributed by atoms with Gasteiger partial charge in [0.25, 0.3) is 5.91 Å². The van der Waals surface area contributed by atoms with Crippen molar-refractivity contribution in [2.75, 3.05) is 6.79 Å². The highest BCUT2D eigenvalue weighted by atomic mass is 16.7. The molecular formula is C16H16N2O3. The molecule has 1 saturated carbocycles. The maximum absolute atomic E-state index is 12.1. The van der Waals surface area contributed by atoms with E-state index in [1.807, 2.05) is 6.07 Å². The van der Waals surface area contributed by atoms with Gasteiger partial charge in [-0.1, -0.05) is 18.9 Å². The minimum absolute atomic E-state index is 0.112. The monoisotopic (exact) mass is 284 g/mol. The molecule has 0 unspecified atom stereocenters. The molecule has 5 nitrogen and oxygen atoms in total. The second kappa shape index (κ2) is 5.88. The quantitative estimate of drug-likeness (QED) is 0.683. The van der Waals surface area contributed by atoms with Crippen LogP contribution >= 0.6 is 0 Å². The van der Waals surface area contributed by atoms with Gasteiger partial charge in [0.1, 0.15) is 11.6 Å². The van der Waals surface area contributed by atoms with Crippen LogP contribution in [0.3, 0.4) is 0 Å². The van der Waals surface area contributed by atoms with Crippen molar-refractivity contribution in [3.05, 3.63) is 29.3 Å². The summed E-state index contributed by atoms with van der Waals surface area (Å²) in [6.45, 7) is 0.204. The van der Waals surface area contributed by atoms with Gasteiger partial charge < -0.3 is 14.8 Å². The summed E-state index contributed by atoms with van der Waals surface area (Å²) in [5, 5.41) is 12.1. The lowest BCUT2D eigenvalue weighted by molar-refractivity contribution is -0.117. The number of rotatable bonds is 3. The zero-order chi connectivity index (χ0) is 14.7. The summed E-state index contributed by atoms with van der Waals surface area (Å²) in [7, 11) is 0. The molecule has 0 bridgehead atoms. The van der Waals surface area contributed by atoms with Gasteiger partial charge in [0.15, 0.2) is 11.5 Å². The molecule has 3 rings (SSSR count). The molecule has 1 amide bonds. The van der Waals surface area contributed by atoms with Crippen LogP contribution in [0.15, 0.2) is 23.8 Å². The van der Waals surface area contributed by atoms with Crippen LogP contribution in [0.5, 0.6) is 11.5 Å². The molecule has 0 saturated heterocycles. The largest absolute Gasteiger partial charge is 0.454 e. The van der Waals surface area contributed by atoms with E-state index in [0.717, 1.165) is 31.2 Å². The summed E-state index contributed by atoms with van der Waals surface area (Å²) in [4.78, 5) is 12.1. The van der Waals surface area contributed by atoms with Crippen LogP contribution < -0.4 is 14.8 Å². The number of carbonyl (C=O) groups is 1. The molecule has 0 aromatic heterocycles. The molecule has 1 fully saturated rings. The van der Waals surface area contributed by atoms with Gasteiger partial charge >= 0.3 is 0 Å². The number of ether oxygens (including phenoxy) is 2. The van der Waals surface area contributed by atoms with Crippen molar-refractivity contribution in [2.45, 2.75) is 31.7 Å². The van der Waals surface area contributed by atoms with Crippen molar-refractivity contribution in [3.8, 4) is 17.6 Å². The van der Waals surface area contributed by atoms with E-state index >= 15 is 0 Å². The Morgan fingerprint density at radius 2 is 2.05 bits per heavy atom. The molecular weight excluding hydrogens is 268 g/mol. The van der Waals surface area contributed by atoms with Crippen molar-refractivity contribution in [1.29, 1.82) is 5.26 Å². The van der Waals surface area contributed by atoms with E-state index in [2.05, 4.69) is 5.32 Å². The van der Waals surface area contributed by atoms with Gasteiger partial charge in [-0.3, -0.25) is 4.79 Å². The Balaban J connectivity index is 1.75. The minimum atomic E-state index is -0.304. The van der Waals surface area contributed by atoms with Crippen LogP contribution in [0.1, 0.15) is 31.2 Å². The first-order valence-corrected chi connectivity index (χ1v) is 7.08. The fourth-order valence-corrected chi connectivity index (χ4v) is 2.65. The first kappa shape index (κ1) is 13.5. The second-order valence-electron chi connectivity index (χ2n) is 5.24. The number of fused-ring (bicyclic) bond motifs is 1. The molecule has 1 heterocycles. The minimum Gasteiger partial charge on any atom is -0.454 e. The Bertz CT molecular complexity index is 625. The van der Waals surface area contributed by atoms with Crippen LogP contribution in [0, 0.1) is 11.3 Å². The van der Waals surface area contributed by atoms with Gasteiger partial charge in [-0.15, -0.1) is 0 Å². The van der Waals surface area contributed by atoms with E-state index in [4.69, 9.17) is 9.47 Å². The third-order valence-corrected chi connectivity index (χ3v) is 3.76. The van der Waals surface area contributed by atoms with Crippen LogP contribution in [-0.4, -0.2) is 18.7 Å². The summed E-state index contributed by atoms with van der Waals surface area (Å²) in [5.74, 6) is 1.01. The van der Waals surface area contributed by atoms with Crippen LogP contribution in [0.2, 0.25) is 0 Å². The number of nitriles is 1. The molecule has 108 valence electrons. The SMILES string of the molecule is N#C/C(=C/c1ccc2c(c1)OCO2)C(=O)NC1CCCC1. The van der Waals surface area contributed by atoms with Crippen LogP contribution in [0.4, 0.5) is 0 Å². The molecule has 1 N–H and O–H groups in total. The van der Waals surface area contributed by atoms with E-state index < -0.39 is 0 Å². The van der Waals surface area contributed by atoms with Gasteiger partial charge in [-0.2, -0.15) is 5.26 Å². The van der Waals surface area contributed by atoms with Crippen molar-refractivity contribution < 1.29 is 14.3 Å². The van der Waals surface area contributed by atoms with Crippen molar-refractivity contribution in [3.63, 3.8) is 0 Å². The fourth-order valence-electron chi connectivity index (χ4n) is 2.65. The first-order chi connectivity index (χ1) is 10.3. The van der Waals surface area contributed by atoms with Crippen LogP contribution in [0.25, 0.3) is 6.08 Å². The van der Waals surface area contributed by atoms with Crippen molar-refractivity contribution in [1.82, 2.24) is 5.32 Å². The molecule has 0 spiro atoms. The zero-order valence-electron chi connectivity index (χ0n) is 11.6. The normalized spacial score (nSPS) is 17.6. The standard InChI is InChI=1S/C16H16N2O3/c17-9-12(16(19)18-13-3-1-2-4-13)7-11-5-6-14-15(8-11)21-10-20-14/h5-8,13H,1-4,10H2,(H,18,19)/b12-7-. The number of hydrogen-bond donors (Lipinski definition) is 1. The van der Waals surface area contributed by atoms with E-state index in [0.29, 0.717) is 11.5 Å². The highest BCUT2D eigenvalue weighted by molar-refractivity contribution is 6.01. The summed E-state index contributed by atoms with van der Waals surface area (Å²) >= 11 is 0. The number of hydrogen-bond acceptors (Lipinski definition) is 4. The Hall–Kier alpha value is -2.48. The van der Waals surface area contributed by atoms with Gasteiger partial charge in [-0.05, 0) is 36.6 Å². The fraction of sp³-hybridized carbons (Fsp3) is 0.375. The lowest BCUT2D eigenvalue weighted by Gasteiger charge is -2.10. The van der Waals surface area contributed by atoms with Crippen molar-refractivity contribution in [2.24, 2.45) is 0 Å². The van der Waals surface area contributed by atoms with Gasteiger partial charge in [0.2, 0.25) is 6.79 Å². The first-order valence-electron chi connectivity index (χ1n) is 7.08. The maximum Gasteiger partial charge on any atom is 0.262 e. The van der Waals surface area contributed by atoms with Crippen molar-refractivity contribution >= 4 is 12.0 Å². The summed E-state index contributed by atoms with van der Waals surface area (Å²) in [5.41, 5.74) is 0.859. The van der Waals surface area contributed by atoms with Crippen LogP contribution in [-0.2, 0) is 4.79 Å². The molecule has 1 aliphatic heterocycles. The Morgan fingerprint density at radius 3 is 2.81 bits per heavy atom. The van der Waals surface area contributed by atoms with Gasteiger partial charge in [0.05, 0.1) is 0 Å². The van der Waals surface area contributed by atoms with Gasteiger partial charge in [0, 0.05) is 6.04 Å². The number of nitrogens with one attached hydrogen (secondary N) is 1. The lowest BCUT2D eigenvalue weighted by atomic mass is 10.1. The molecule has 1 aliphatic carbocycles. The molecule has 1 aromatic rings. The molecule has 21 heavy (non-hydrogen) atoms. The Morgan fingerprint density at radius 1 is 1.29 bits per heavy atom. The number of amides is 1. The highest BCUT2D eigenvalue weighted by Crippen LogP contribution is 2.33. The van der Waals surface area contributed by atoms with E-state index in [-0.39, 0.29) is 24.3 Å². The Kier molecular flexibility index (Phi) is 3.78. The molecule has 0 atom stereocenters. The highest BCUT2D eigenvalue weighted by Gasteiger charge is 2.19. The third kappa shape index (κ3) is 3.00. The number of carbonyl (C=O) groups excluding carboxylic acids is 1. The average molecular weight is 284 g/mol. The summed E-state index contributed by atoms with van der Waals surface area (Å²) in [6.07, 6.45) is 5.84. The predicted molar refractivity (Wildman–Crippen MR) is 76.6 cm³/mol. The Labute approximate surface area is 123 Å². The molecule has 1 aromatic carbocycles. The predicted octanol–water partition coefficient (Wildman–Crippen LogP) is 2.38. The lowest BCUT2D eigenvalue weighted by Crippen LogP contribution is -2.33. The number of nitrogens with zero attached hydrogens (tertiary/aromatic N) is 1. The maximum atomic E-state index is 12.1. The topological polar surface area (TPSA) is 71.3 Å². The molecule has 0 radical (unpaired) electrons. The van der Waals surface area contributed by atoms with E-state index in [9.17, 15) is 10.1 Å². The molecule has 2 aliphatic rings. The summed E-state index contributed by atoms with van der Waals surface area (Å²) in [6, 6.07) is 7.51. The number of benzene rings is 1.